The molecule has 0 aliphatic carbocycles. The summed E-state index contributed by atoms with van der Waals surface area (Å²) in [5.41, 5.74) is 2.29. The second-order valence-corrected chi connectivity index (χ2v) is 7.01. The van der Waals surface area contributed by atoms with E-state index in [4.69, 9.17) is 9.79 Å². The van der Waals surface area contributed by atoms with Gasteiger partial charge in [0, 0.05) is 5.41 Å². The van der Waals surface area contributed by atoms with Crippen molar-refractivity contribution in [3.05, 3.63) is 58.1 Å². The zero-order valence-electron chi connectivity index (χ0n) is 12.3. The molecule has 0 aromatic heterocycles. The first-order valence-electron chi connectivity index (χ1n) is 6.75. The van der Waals surface area contributed by atoms with Crippen LogP contribution in [0.5, 0.6) is 5.75 Å². The van der Waals surface area contributed by atoms with Crippen molar-refractivity contribution in [2.45, 2.75) is 19.3 Å². The topological polar surface area (TPSA) is 79.1 Å². The second kappa shape index (κ2) is 4.78. The van der Waals surface area contributed by atoms with Gasteiger partial charge in [0.05, 0.1) is 11.0 Å². The predicted octanol–water partition coefficient (Wildman–Crippen LogP) is 2.16. The minimum absolute atomic E-state index is 0.129. The van der Waals surface area contributed by atoms with E-state index < -0.39 is 7.82 Å². The van der Waals surface area contributed by atoms with Crippen molar-refractivity contribution in [2.75, 3.05) is 0 Å². The highest BCUT2D eigenvalue weighted by molar-refractivity contribution is 7.46. The predicted molar refractivity (Wildman–Crippen MR) is 83.6 cm³/mol. The first kappa shape index (κ1) is 15.0. The molecule has 1 heterocycles. The molecule has 0 radical (unpaired) electrons. The zero-order valence-corrected chi connectivity index (χ0v) is 13.2. The molecule has 22 heavy (non-hydrogen) atoms. The maximum Gasteiger partial charge on any atom is 0.524 e. The summed E-state index contributed by atoms with van der Waals surface area (Å²) in [4.78, 5) is 22.5. The van der Waals surface area contributed by atoms with Crippen LogP contribution in [0.15, 0.2) is 41.4 Å². The van der Waals surface area contributed by atoms with Crippen molar-refractivity contribution in [3.63, 3.8) is 0 Å². The lowest BCUT2D eigenvalue weighted by atomic mass is 9.75. The fraction of sp³-hybridized carbons (Fsp3) is 0.188. The molecule has 0 atom stereocenters. The van der Waals surface area contributed by atoms with Crippen LogP contribution >= 0.6 is 7.82 Å². The van der Waals surface area contributed by atoms with Gasteiger partial charge in [0.15, 0.2) is 0 Å². The van der Waals surface area contributed by atoms with Gasteiger partial charge in [-0.15, -0.1) is 0 Å². The zero-order chi connectivity index (χ0) is 16.1. The first-order valence-corrected chi connectivity index (χ1v) is 8.28. The lowest BCUT2D eigenvalue weighted by molar-refractivity contribution is 0.283. The van der Waals surface area contributed by atoms with Gasteiger partial charge in [-0.1, -0.05) is 26.5 Å². The van der Waals surface area contributed by atoms with Crippen molar-refractivity contribution in [1.82, 2.24) is 0 Å². The van der Waals surface area contributed by atoms with E-state index in [1.165, 1.54) is 6.07 Å². The van der Waals surface area contributed by atoms with Crippen LogP contribution in [0.25, 0.3) is 6.58 Å². The molecular formula is C16H16NO4P. The lowest BCUT2D eigenvalue weighted by Crippen LogP contribution is -2.32. The van der Waals surface area contributed by atoms with E-state index in [0.29, 0.717) is 0 Å². The van der Waals surface area contributed by atoms with Crippen molar-refractivity contribution in [2.24, 2.45) is 4.99 Å². The van der Waals surface area contributed by atoms with Crippen LogP contribution in [-0.2, 0) is 9.98 Å². The van der Waals surface area contributed by atoms with Gasteiger partial charge in [0.25, 0.3) is 0 Å². The molecule has 0 saturated carbocycles. The number of fused-ring (bicyclic) bond motifs is 2. The molecule has 2 aromatic carbocycles. The maximum atomic E-state index is 11.0. The summed E-state index contributed by atoms with van der Waals surface area (Å²) in [5, 5.41) is 1.78. The summed E-state index contributed by atoms with van der Waals surface area (Å²) in [6.45, 7) is 8.03. The van der Waals surface area contributed by atoms with Crippen LogP contribution in [0.3, 0.4) is 0 Å². The average Bonchev–Trinajstić information content (AvgIpc) is 2.39. The number of benzene rings is 2. The van der Waals surface area contributed by atoms with Crippen LogP contribution in [0, 0.1) is 0 Å². The number of phosphoric ester groups is 1. The van der Waals surface area contributed by atoms with Crippen molar-refractivity contribution < 1.29 is 18.9 Å². The van der Waals surface area contributed by atoms with Gasteiger partial charge in [-0.3, -0.25) is 9.79 Å². The quantitative estimate of drug-likeness (QED) is 0.832. The highest BCUT2D eigenvalue weighted by Crippen LogP contribution is 2.43. The molecule has 6 heteroatoms. The van der Waals surface area contributed by atoms with Crippen molar-refractivity contribution in [3.8, 4) is 5.75 Å². The molecule has 0 saturated heterocycles. The molecule has 2 aromatic rings. The Labute approximate surface area is 127 Å². The van der Waals surface area contributed by atoms with E-state index in [-0.39, 0.29) is 11.2 Å². The average molecular weight is 317 g/mol. The van der Waals surface area contributed by atoms with Gasteiger partial charge >= 0.3 is 7.82 Å². The van der Waals surface area contributed by atoms with Gasteiger partial charge in [-0.05, 0) is 46.7 Å². The monoisotopic (exact) mass is 317 g/mol. The van der Waals surface area contributed by atoms with Crippen LogP contribution in [-0.4, -0.2) is 9.79 Å². The Hall–Kier alpha value is -1.94. The smallest absolute Gasteiger partial charge is 0.404 e. The molecule has 0 spiro atoms. The van der Waals surface area contributed by atoms with Crippen molar-refractivity contribution in [1.29, 1.82) is 0 Å². The van der Waals surface area contributed by atoms with Gasteiger partial charge in [0.1, 0.15) is 5.75 Å². The summed E-state index contributed by atoms with van der Waals surface area (Å²) in [6.07, 6.45) is 0. The Balaban J connectivity index is 2.22. The maximum absolute atomic E-state index is 11.0. The molecule has 0 amide bonds. The molecular weight excluding hydrogens is 301 g/mol. The Bertz CT molecular complexity index is 914. The van der Waals surface area contributed by atoms with Gasteiger partial charge < -0.3 is 4.52 Å². The number of hydrogen-bond donors (Lipinski definition) is 2. The highest BCUT2D eigenvalue weighted by atomic mass is 31.2. The molecule has 1 aliphatic heterocycles. The van der Waals surface area contributed by atoms with E-state index in [9.17, 15) is 4.57 Å². The van der Waals surface area contributed by atoms with Crippen LogP contribution in [0.2, 0.25) is 0 Å². The van der Waals surface area contributed by atoms with Crippen LogP contribution in [0.4, 0.5) is 5.69 Å². The third kappa shape index (κ3) is 2.59. The summed E-state index contributed by atoms with van der Waals surface area (Å²) >= 11 is 0. The fourth-order valence-electron chi connectivity index (χ4n) is 2.76. The first-order chi connectivity index (χ1) is 10.2. The second-order valence-electron chi connectivity index (χ2n) is 5.85. The standard InChI is InChI=1S/C16H16NO4P/c1-10-4-6-14-12(8-10)16(2,3)13-9-11(21-22(18,19)20)5-7-15(13)17-14/h4-9H,1H2,2-3H3,(H2,18,19,20). The summed E-state index contributed by atoms with van der Waals surface area (Å²) in [5.74, 6) is 0.129. The minimum atomic E-state index is -4.58. The highest BCUT2D eigenvalue weighted by Gasteiger charge is 2.31. The number of rotatable bonds is 2. The minimum Gasteiger partial charge on any atom is -0.404 e. The lowest BCUT2D eigenvalue weighted by Gasteiger charge is -2.31. The van der Waals surface area contributed by atoms with Crippen LogP contribution < -0.4 is 15.1 Å². The summed E-state index contributed by atoms with van der Waals surface area (Å²) in [7, 11) is -4.58. The summed E-state index contributed by atoms with van der Waals surface area (Å²) in [6, 6.07) is 10.7. The molecule has 1 aliphatic rings. The van der Waals surface area contributed by atoms with Crippen LogP contribution in [0.1, 0.15) is 25.0 Å². The van der Waals surface area contributed by atoms with E-state index >= 15 is 0 Å². The molecule has 3 rings (SSSR count). The number of phosphoric acid groups is 1. The van der Waals surface area contributed by atoms with Crippen molar-refractivity contribution >= 4 is 20.1 Å². The largest absolute Gasteiger partial charge is 0.524 e. The van der Waals surface area contributed by atoms with Gasteiger partial charge in [0.2, 0.25) is 0 Å². The number of nitrogens with zero attached hydrogens (tertiary/aromatic N) is 1. The molecule has 0 fully saturated rings. The van der Waals surface area contributed by atoms with Gasteiger partial charge in [-0.25, -0.2) is 9.56 Å². The van der Waals surface area contributed by atoms with E-state index in [1.54, 1.807) is 12.1 Å². The Morgan fingerprint density at radius 3 is 2.55 bits per heavy atom. The van der Waals surface area contributed by atoms with E-state index in [0.717, 1.165) is 27.4 Å². The Morgan fingerprint density at radius 2 is 1.86 bits per heavy atom. The van der Waals surface area contributed by atoms with Gasteiger partial charge in [-0.2, -0.15) is 0 Å². The third-order valence-electron chi connectivity index (χ3n) is 3.84. The molecule has 5 nitrogen and oxygen atoms in total. The number of hydrogen-bond acceptors (Lipinski definition) is 3. The Kier molecular flexibility index (Phi) is 3.25. The third-order valence-corrected chi connectivity index (χ3v) is 4.29. The fourth-order valence-corrected chi connectivity index (χ4v) is 3.15. The summed E-state index contributed by atoms with van der Waals surface area (Å²) < 4.78 is 15.7. The molecule has 2 N–H and O–H groups in total. The molecule has 0 bridgehead atoms. The van der Waals surface area contributed by atoms with E-state index in [1.807, 2.05) is 32.0 Å². The Morgan fingerprint density at radius 1 is 1.14 bits per heavy atom. The normalized spacial score (nSPS) is 15.5. The molecule has 0 unspecified atom stereocenters. The SMILES string of the molecule is C=c1ccc2c(c1)C(C)(C)c1cc(OP(=O)(O)O)ccc1N=2. The van der Waals surface area contributed by atoms with E-state index in [2.05, 4.69) is 16.1 Å². The molecule has 114 valence electrons.